The summed E-state index contributed by atoms with van der Waals surface area (Å²) in [5, 5.41) is 4.81. The fourth-order valence-electron chi connectivity index (χ4n) is 13.8. The predicted octanol–water partition coefficient (Wildman–Crippen LogP) is 21.7. The topological polar surface area (TPSA) is 113 Å². The van der Waals surface area contributed by atoms with Crippen molar-refractivity contribution in [2.75, 3.05) is 0 Å². The number of benzene rings is 10. The maximum Gasteiger partial charge on any atom is 0.164 e. The molecule has 0 amide bonds. The van der Waals surface area contributed by atoms with Gasteiger partial charge < -0.3 is 9.13 Å². The van der Waals surface area contributed by atoms with Crippen molar-refractivity contribution in [3.05, 3.63) is 302 Å². The number of rotatable bonds is 15. The zero-order chi connectivity index (χ0) is 66.7. The van der Waals surface area contributed by atoms with Crippen LogP contribution in [-0.4, -0.2) is 49.0 Å². The van der Waals surface area contributed by atoms with Crippen LogP contribution in [0.1, 0.15) is 78.0 Å². The lowest BCUT2D eigenvalue weighted by Crippen LogP contribution is -2.24. The van der Waals surface area contributed by atoms with Crippen LogP contribution in [0.5, 0.6) is 0 Å². The van der Waals surface area contributed by atoms with Gasteiger partial charge in [0.1, 0.15) is 0 Å². The lowest BCUT2D eigenvalue weighted by molar-refractivity contribution is 0.375. The van der Waals surface area contributed by atoms with Gasteiger partial charge in [-0.25, -0.2) is 29.9 Å². The van der Waals surface area contributed by atoms with Crippen molar-refractivity contribution in [3.8, 4) is 102 Å². The molecule has 10 nitrogen and oxygen atoms in total. The minimum atomic E-state index is -0.205. The van der Waals surface area contributed by atoms with E-state index in [0.717, 1.165) is 102 Å². The molecule has 0 spiro atoms. The molecule has 0 bridgehead atoms. The molecular formula is C88H72N10. The number of hydrogen-bond donors (Lipinski definition) is 0. The summed E-state index contributed by atoms with van der Waals surface area (Å²) in [5.74, 6) is 3.58. The van der Waals surface area contributed by atoms with Crippen LogP contribution in [0.15, 0.2) is 285 Å². The molecule has 0 aliphatic heterocycles. The minimum absolute atomic E-state index is 0.0803. The Hall–Kier alpha value is -11.9. The van der Waals surface area contributed by atoms with Crippen LogP contribution in [0.3, 0.4) is 0 Å². The molecule has 10 aromatic carbocycles. The van der Waals surface area contributed by atoms with E-state index in [0.29, 0.717) is 34.9 Å². The number of aromatic nitrogens is 10. The first-order chi connectivity index (χ1) is 47.7. The summed E-state index contributed by atoms with van der Waals surface area (Å²) < 4.78 is 4.86. The van der Waals surface area contributed by atoms with Crippen molar-refractivity contribution in [3.63, 3.8) is 0 Å². The van der Waals surface area contributed by atoms with Crippen LogP contribution in [0, 0.1) is 0 Å². The molecule has 98 heavy (non-hydrogen) atoms. The van der Waals surface area contributed by atoms with Crippen molar-refractivity contribution in [1.82, 2.24) is 49.0 Å². The van der Waals surface area contributed by atoms with Gasteiger partial charge in [0.05, 0.1) is 33.5 Å². The van der Waals surface area contributed by atoms with Crippen molar-refractivity contribution >= 4 is 43.6 Å². The molecular weight excluding hydrogens is 1200 g/mol. The van der Waals surface area contributed by atoms with E-state index in [1.54, 1.807) is 0 Å². The van der Waals surface area contributed by atoms with E-state index in [-0.39, 0.29) is 16.2 Å². The Kier molecular flexibility index (Phi) is 15.4. The first-order valence-electron chi connectivity index (χ1n) is 33.7. The summed E-state index contributed by atoms with van der Waals surface area (Å²) in [6.45, 7) is 16.5. The summed E-state index contributed by atoms with van der Waals surface area (Å²) in [6.07, 6.45) is 5.60. The van der Waals surface area contributed by atoms with Crippen LogP contribution in [0.4, 0.5) is 0 Å². The van der Waals surface area contributed by atoms with Gasteiger partial charge in [-0.2, -0.15) is 0 Å². The van der Waals surface area contributed by atoms with Gasteiger partial charge in [-0.1, -0.05) is 230 Å². The van der Waals surface area contributed by atoms with Gasteiger partial charge in [0.2, 0.25) is 0 Å². The molecule has 16 aromatic rings. The molecule has 10 heteroatoms. The average Bonchev–Trinajstić information content (AvgIpc) is 1.57. The number of fused-ring (bicyclic) bond motifs is 6. The summed E-state index contributed by atoms with van der Waals surface area (Å²) in [4.78, 5) is 40.8. The first kappa shape index (κ1) is 61.0. The summed E-state index contributed by atoms with van der Waals surface area (Å²) in [7, 11) is 0. The molecule has 0 unspecified atom stereocenters. The van der Waals surface area contributed by atoms with Gasteiger partial charge >= 0.3 is 0 Å². The van der Waals surface area contributed by atoms with Crippen molar-refractivity contribution in [1.29, 1.82) is 0 Å². The van der Waals surface area contributed by atoms with Crippen molar-refractivity contribution < 1.29 is 0 Å². The Labute approximate surface area is 571 Å². The van der Waals surface area contributed by atoms with Gasteiger partial charge in [-0.15, -0.1) is 0 Å². The lowest BCUT2D eigenvalue weighted by atomic mass is 9.72. The number of nitrogens with zero attached hydrogens (tertiary/aromatic N) is 10. The SMILES string of the molecule is CC(C)(C)c1ccc2c3ccc(C(C)(C)CCC(C)(C)c4ccc5c(c4)c4ccccc4n5-c4ccc(-c5nc(-c6ccccc6)nc(-c6ccccc6)n5)c(-c5ccccn5)c4)cc3n(-c3ccc(-c4nc(-c5ccccc5)nc(-c5ccccc5)n4)c(-c4ccccn4)c3)c2c1. The molecule has 474 valence electrons. The van der Waals surface area contributed by atoms with E-state index in [2.05, 4.69) is 185 Å². The zero-order valence-corrected chi connectivity index (χ0v) is 56.0. The number of para-hydroxylation sites is 1. The van der Waals surface area contributed by atoms with Crippen LogP contribution in [-0.2, 0) is 16.2 Å². The Morgan fingerprint density at radius 3 is 1.06 bits per heavy atom. The Morgan fingerprint density at radius 1 is 0.265 bits per heavy atom. The second-order valence-corrected chi connectivity index (χ2v) is 27.9. The molecule has 0 aliphatic rings. The fourth-order valence-corrected chi connectivity index (χ4v) is 13.8. The third-order valence-electron chi connectivity index (χ3n) is 19.5. The quantitative estimate of drug-likeness (QED) is 0.0997. The summed E-state index contributed by atoms with van der Waals surface area (Å²) >= 11 is 0. The maximum absolute atomic E-state index is 5.22. The summed E-state index contributed by atoms with van der Waals surface area (Å²) in [5.41, 5.74) is 18.9. The standard InChI is InChI=1S/C88H72N10/c1-86(2,3)61-38-43-67-68-44-39-63(54-79(68)98(78(67)53-61)65-42-46-70(72(56-65)75-36-23-25-51-90-75)85-95-82(59-30-16-10-17-31-59)92-83(96-85)60-32-18-11-19-33-60)88(6,7)49-48-87(4,5)62-40-47-77-73(52-62)66-34-20-21-37-76(66)97(77)64-41-45-69(71(55-64)74-35-22-24-50-89-74)84-93-80(57-26-12-8-13-27-57)91-81(94-84)58-28-14-9-15-29-58/h8-47,50-56H,48-49H2,1-7H3. The van der Waals surface area contributed by atoms with E-state index >= 15 is 0 Å². The molecule has 16 rings (SSSR count). The zero-order valence-electron chi connectivity index (χ0n) is 56.0. The Balaban J connectivity index is 0.759. The van der Waals surface area contributed by atoms with Gasteiger partial charge in [0.15, 0.2) is 34.9 Å². The van der Waals surface area contributed by atoms with Crippen molar-refractivity contribution in [2.45, 2.75) is 77.6 Å². The Bertz CT molecular complexity index is 5530. The minimum Gasteiger partial charge on any atom is -0.309 e. The lowest BCUT2D eigenvalue weighted by Gasteiger charge is -2.32. The average molecular weight is 1270 g/mol. The highest BCUT2D eigenvalue weighted by Gasteiger charge is 2.30. The highest BCUT2D eigenvalue weighted by Crippen LogP contribution is 2.45. The smallest absolute Gasteiger partial charge is 0.164 e. The molecule has 0 atom stereocenters. The second kappa shape index (κ2) is 24.7. The summed E-state index contributed by atoms with van der Waals surface area (Å²) in [6, 6.07) is 96.1. The molecule has 0 aliphatic carbocycles. The van der Waals surface area contributed by atoms with E-state index < -0.39 is 0 Å². The molecule has 6 heterocycles. The monoisotopic (exact) mass is 1270 g/mol. The molecule has 0 fully saturated rings. The van der Waals surface area contributed by atoms with E-state index in [4.69, 9.17) is 39.9 Å². The first-order valence-corrected chi connectivity index (χ1v) is 33.7. The molecule has 0 saturated heterocycles. The fraction of sp³-hybridized carbons (Fsp3) is 0.136. The number of pyridine rings is 2. The molecule has 6 aromatic heterocycles. The van der Waals surface area contributed by atoms with Gasteiger partial charge in [-0.3, -0.25) is 9.97 Å². The van der Waals surface area contributed by atoms with Crippen LogP contribution >= 0.6 is 0 Å². The van der Waals surface area contributed by atoms with Crippen LogP contribution in [0.25, 0.3) is 146 Å². The van der Waals surface area contributed by atoms with Crippen LogP contribution < -0.4 is 0 Å². The molecule has 0 radical (unpaired) electrons. The largest absolute Gasteiger partial charge is 0.309 e. The van der Waals surface area contributed by atoms with E-state index in [9.17, 15) is 0 Å². The third-order valence-corrected chi connectivity index (χ3v) is 19.5. The maximum atomic E-state index is 5.22. The van der Waals surface area contributed by atoms with E-state index in [1.165, 1.54) is 38.2 Å². The second-order valence-electron chi connectivity index (χ2n) is 27.9. The van der Waals surface area contributed by atoms with Gasteiger partial charge in [0, 0.05) is 89.8 Å². The van der Waals surface area contributed by atoms with Crippen molar-refractivity contribution in [2.24, 2.45) is 0 Å². The van der Waals surface area contributed by atoms with Gasteiger partial charge in [-0.05, 0) is 137 Å². The van der Waals surface area contributed by atoms with Crippen LogP contribution in [0.2, 0.25) is 0 Å². The van der Waals surface area contributed by atoms with Gasteiger partial charge in [0.25, 0.3) is 0 Å². The molecule has 0 N–H and O–H groups in total. The highest BCUT2D eigenvalue weighted by molar-refractivity contribution is 6.11. The third kappa shape index (κ3) is 11.5. The Morgan fingerprint density at radius 2 is 0.622 bits per heavy atom. The van der Waals surface area contributed by atoms with E-state index in [1.807, 2.05) is 158 Å². The normalized spacial score (nSPS) is 12.1. The molecule has 0 saturated carbocycles. The highest BCUT2D eigenvalue weighted by atomic mass is 15.1. The predicted molar refractivity (Wildman–Crippen MR) is 401 cm³/mol. The number of hydrogen-bond acceptors (Lipinski definition) is 8.